The molecule has 6 heteroatoms. The van der Waals surface area contributed by atoms with Gasteiger partial charge in [-0.2, -0.15) is 0 Å². The molecule has 2 aliphatic rings. The monoisotopic (exact) mass is 270 g/mol. The first-order valence-electron chi connectivity index (χ1n) is 6.85. The molecule has 2 fully saturated rings. The summed E-state index contributed by atoms with van der Waals surface area (Å²) in [7, 11) is 1.51. The van der Waals surface area contributed by atoms with Crippen LogP contribution < -0.4 is 0 Å². The second-order valence-corrected chi connectivity index (χ2v) is 5.01. The van der Waals surface area contributed by atoms with Gasteiger partial charge in [-0.1, -0.05) is 0 Å². The summed E-state index contributed by atoms with van der Waals surface area (Å²) >= 11 is 0. The molecule has 0 radical (unpaired) electrons. The third-order valence-corrected chi connectivity index (χ3v) is 3.85. The van der Waals surface area contributed by atoms with Gasteiger partial charge < -0.3 is 19.3 Å². The van der Waals surface area contributed by atoms with Crippen LogP contribution in [0.25, 0.3) is 0 Å². The Kier molecular flexibility index (Phi) is 4.76. The fourth-order valence-electron chi connectivity index (χ4n) is 2.62. The lowest BCUT2D eigenvalue weighted by Gasteiger charge is -2.33. The van der Waals surface area contributed by atoms with Gasteiger partial charge in [-0.05, 0) is 19.8 Å². The van der Waals surface area contributed by atoms with Crippen LogP contribution in [0.5, 0.6) is 0 Å². The lowest BCUT2D eigenvalue weighted by Crippen LogP contribution is -2.52. The Balaban J connectivity index is 2.01. The van der Waals surface area contributed by atoms with E-state index in [1.54, 1.807) is 16.7 Å². The smallest absolute Gasteiger partial charge is 0.252 e. The highest BCUT2D eigenvalue weighted by atomic mass is 16.5. The average molecular weight is 270 g/mol. The number of ether oxygens (including phenoxy) is 2. The second kappa shape index (κ2) is 6.34. The number of rotatable bonds is 3. The van der Waals surface area contributed by atoms with Gasteiger partial charge >= 0.3 is 0 Å². The fraction of sp³-hybridized carbons (Fsp3) is 0.846. The Bertz CT molecular complexity index is 342. The molecule has 0 bridgehead atoms. The van der Waals surface area contributed by atoms with Crippen LogP contribution in [0.1, 0.15) is 19.8 Å². The first kappa shape index (κ1) is 14.3. The number of methoxy groups -OCH3 is 1. The molecular formula is C13H22N2O4. The summed E-state index contributed by atoms with van der Waals surface area (Å²) in [5, 5.41) is 0. The van der Waals surface area contributed by atoms with Crippen LogP contribution in [-0.2, 0) is 19.1 Å². The lowest BCUT2D eigenvalue weighted by molar-refractivity contribution is -0.150. The highest BCUT2D eigenvalue weighted by Crippen LogP contribution is 2.21. The maximum absolute atomic E-state index is 12.5. The topological polar surface area (TPSA) is 59.1 Å². The number of amides is 2. The number of carbonyl (C=O) groups excluding carboxylic acids is 2. The van der Waals surface area contributed by atoms with Crippen molar-refractivity contribution in [3.63, 3.8) is 0 Å². The van der Waals surface area contributed by atoms with E-state index in [0.717, 1.165) is 12.8 Å². The summed E-state index contributed by atoms with van der Waals surface area (Å²) in [6.45, 7) is 4.78. The number of morpholine rings is 1. The third kappa shape index (κ3) is 3.06. The summed E-state index contributed by atoms with van der Waals surface area (Å²) in [6.07, 6.45) is 1.14. The minimum Gasteiger partial charge on any atom is -0.378 e. The van der Waals surface area contributed by atoms with E-state index in [9.17, 15) is 9.59 Å². The lowest BCUT2D eigenvalue weighted by atomic mass is 10.1. The zero-order valence-electron chi connectivity index (χ0n) is 11.6. The van der Waals surface area contributed by atoms with Gasteiger partial charge in [0.1, 0.15) is 12.1 Å². The first-order chi connectivity index (χ1) is 9.15. The van der Waals surface area contributed by atoms with Crippen molar-refractivity contribution in [1.29, 1.82) is 0 Å². The zero-order valence-corrected chi connectivity index (χ0v) is 11.6. The molecule has 0 aliphatic carbocycles. The number of hydrogen-bond acceptors (Lipinski definition) is 4. The van der Waals surface area contributed by atoms with Crippen molar-refractivity contribution in [1.82, 2.24) is 9.80 Å². The van der Waals surface area contributed by atoms with E-state index in [4.69, 9.17) is 9.47 Å². The Hall–Kier alpha value is -1.14. The van der Waals surface area contributed by atoms with Crippen LogP contribution in [0.3, 0.4) is 0 Å². The minimum absolute atomic E-state index is 0.0532. The van der Waals surface area contributed by atoms with E-state index in [1.807, 2.05) is 0 Å². The molecule has 6 nitrogen and oxygen atoms in total. The van der Waals surface area contributed by atoms with Gasteiger partial charge in [0.05, 0.1) is 13.2 Å². The van der Waals surface area contributed by atoms with Crippen molar-refractivity contribution < 1.29 is 19.1 Å². The van der Waals surface area contributed by atoms with E-state index in [-0.39, 0.29) is 17.9 Å². The molecular weight excluding hydrogens is 248 g/mol. The summed E-state index contributed by atoms with van der Waals surface area (Å²) in [5.41, 5.74) is 0. The van der Waals surface area contributed by atoms with Gasteiger partial charge in [-0.3, -0.25) is 9.59 Å². The van der Waals surface area contributed by atoms with Crippen LogP contribution in [-0.4, -0.2) is 73.7 Å². The molecule has 2 amide bonds. The van der Waals surface area contributed by atoms with E-state index in [1.165, 1.54) is 7.11 Å². The first-order valence-corrected chi connectivity index (χ1v) is 6.85. The van der Waals surface area contributed by atoms with Crippen LogP contribution in [0.15, 0.2) is 0 Å². The second-order valence-electron chi connectivity index (χ2n) is 5.01. The highest BCUT2D eigenvalue weighted by Gasteiger charge is 2.38. The Labute approximate surface area is 113 Å². The Morgan fingerprint density at radius 2 is 1.95 bits per heavy atom. The molecule has 2 saturated heterocycles. The Morgan fingerprint density at radius 1 is 1.26 bits per heavy atom. The number of likely N-dealkylation sites (tertiary alicyclic amines) is 1. The molecule has 2 heterocycles. The van der Waals surface area contributed by atoms with E-state index < -0.39 is 6.10 Å². The fourth-order valence-corrected chi connectivity index (χ4v) is 2.62. The van der Waals surface area contributed by atoms with Gasteiger partial charge in [0, 0.05) is 26.7 Å². The van der Waals surface area contributed by atoms with E-state index in [2.05, 4.69) is 0 Å². The minimum atomic E-state index is -0.488. The van der Waals surface area contributed by atoms with Crippen molar-refractivity contribution >= 4 is 11.8 Å². The van der Waals surface area contributed by atoms with Crippen molar-refractivity contribution in [2.45, 2.75) is 31.9 Å². The largest absolute Gasteiger partial charge is 0.378 e. The molecule has 0 saturated carbocycles. The van der Waals surface area contributed by atoms with Crippen LogP contribution in [0.2, 0.25) is 0 Å². The molecule has 0 aromatic carbocycles. The average Bonchev–Trinajstić information content (AvgIpc) is 2.95. The molecule has 2 atom stereocenters. The van der Waals surface area contributed by atoms with Gasteiger partial charge in [-0.25, -0.2) is 0 Å². The summed E-state index contributed by atoms with van der Waals surface area (Å²) in [4.78, 5) is 28.1. The molecule has 0 aromatic heterocycles. The molecule has 108 valence electrons. The maximum Gasteiger partial charge on any atom is 0.252 e. The predicted molar refractivity (Wildman–Crippen MR) is 68.6 cm³/mol. The third-order valence-electron chi connectivity index (χ3n) is 3.85. The molecule has 0 N–H and O–H groups in total. The molecule has 2 rings (SSSR count). The van der Waals surface area contributed by atoms with Crippen LogP contribution in [0.4, 0.5) is 0 Å². The molecule has 19 heavy (non-hydrogen) atoms. The van der Waals surface area contributed by atoms with Crippen molar-refractivity contribution in [2.75, 3.05) is 40.0 Å². The normalized spacial score (nSPS) is 25.5. The van der Waals surface area contributed by atoms with Crippen molar-refractivity contribution in [3.8, 4) is 0 Å². The number of carbonyl (C=O) groups is 2. The standard InChI is InChI=1S/C13H22N2O4/c1-10(18-2)12(16)15-5-3-4-11(15)13(17)14-6-8-19-9-7-14/h10-11H,3-9H2,1-2H3. The van der Waals surface area contributed by atoms with Crippen molar-refractivity contribution in [3.05, 3.63) is 0 Å². The Morgan fingerprint density at radius 3 is 2.58 bits per heavy atom. The summed E-state index contributed by atoms with van der Waals surface area (Å²) in [5.74, 6) is -0.0379. The molecule has 2 aliphatic heterocycles. The van der Waals surface area contributed by atoms with Crippen LogP contribution >= 0.6 is 0 Å². The number of hydrogen-bond donors (Lipinski definition) is 0. The maximum atomic E-state index is 12.5. The van der Waals surface area contributed by atoms with Crippen molar-refractivity contribution in [2.24, 2.45) is 0 Å². The summed E-state index contributed by atoms with van der Waals surface area (Å²) in [6, 6.07) is -0.316. The number of nitrogens with zero attached hydrogens (tertiary/aromatic N) is 2. The van der Waals surface area contributed by atoms with E-state index in [0.29, 0.717) is 32.8 Å². The van der Waals surface area contributed by atoms with Gasteiger partial charge in [0.25, 0.3) is 5.91 Å². The quantitative estimate of drug-likeness (QED) is 0.717. The van der Waals surface area contributed by atoms with Crippen LogP contribution in [0, 0.1) is 0 Å². The molecule has 2 unspecified atom stereocenters. The highest BCUT2D eigenvalue weighted by molar-refractivity contribution is 5.89. The zero-order chi connectivity index (χ0) is 13.8. The molecule has 0 aromatic rings. The molecule has 0 spiro atoms. The SMILES string of the molecule is COC(C)C(=O)N1CCCC1C(=O)N1CCOCC1. The van der Waals surface area contributed by atoms with Gasteiger partial charge in [-0.15, -0.1) is 0 Å². The summed E-state index contributed by atoms with van der Waals surface area (Å²) < 4.78 is 10.3. The van der Waals surface area contributed by atoms with Gasteiger partial charge in [0.2, 0.25) is 5.91 Å². The predicted octanol–water partition coefficient (Wildman–Crippen LogP) is -0.129. The van der Waals surface area contributed by atoms with E-state index >= 15 is 0 Å². The van der Waals surface area contributed by atoms with Gasteiger partial charge in [0.15, 0.2) is 0 Å².